The Bertz CT molecular complexity index is 319. The molecule has 114 valence electrons. The van der Waals surface area contributed by atoms with Gasteiger partial charge >= 0.3 is 5.97 Å². The molecule has 0 radical (unpaired) electrons. The number of hydrogen-bond acceptors (Lipinski definition) is 5. The molecule has 5 N–H and O–H groups in total. The third kappa shape index (κ3) is 14.4. The number of carbonyl (C=O) groups is 2. The average Bonchev–Trinajstić information content (AvgIpc) is 2.42. The fourth-order valence-electron chi connectivity index (χ4n) is 1.29. The van der Waals surface area contributed by atoms with E-state index >= 15 is 0 Å². The molecule has 0 aliphatic rings. The predicted octanol–water partition coefficient (Wildman–Crippen LogP) is -1.30. The second-order valence-electron chi connectivity index (χ2n) is 3.96. The van der Waals surface area contributed by atoms with E-state index < -0.39 is 11.9 Å². The van der Waals surface area contributed by atoms with Gasteiger partial charge in [0.1, 0.15) is 0 Å². The van der Waals surface area contributed by atoms with Crippen LogP contribution >= 0.6 is 0 Å². The summed E-state index contributed by atoms with van der Waals surface area (Å²) < 4.78 is 0. The lowest BCUT2D eigenvalue weighted by Gasteiger charge is -2.07. The molecule has 0 saturated heterocycles. The van der Waals surface area contributed by atoms with Crippen LogP contribution in [0.2, 0.25) is 0 Å². The van der Waals surface area contributed by atoms with E-state index in [4.69, 9.17) is 5.11 Å². The first-order chi connectivity index (χ1) is 9.66. The molecule has 0 spiro atoms. The fraction of sp³-hybridized carbons (Fsp3) is 0.538. The summed E-state index contributed by atoms with van der Waals surface area (Å²) in [5.74, 6) is -1.53. The molecule has 0 aromatic carbocycles. The molecule has 0 bridgehead atoms. The first kappa shape index (κ1) is 18.3. The molecule has 0 aliphatic heterocycles. The Morgan fingerprint density at radius 2 is 1.45 bits per heavy atom. The Morgan fingerprint density at radius 1 is 0.900 bits per heavy atom. The third-order valence-electron chi connectivity index (χ3n) is 2.22. The standard InChI is InChI=1S/C13H24N4O3/c1-2-5-14-6-7-15-8-9-16-10-11-17-12(18)3-4-13(19)20/h2-4,14-16H,1,5-11H2,(H,17,18)(H,19,20)/b4-3+. The van der Waals surface area contributed by atoms with Gasteiger partial charge in [-0.3, -0.25) is 4.79 Å². The maximum absolute atomic E-state index is 11.1. The topological polar surface area (TPSA) is 102 Å². The van der Waals surface area contributed by atoms with E-state index in [0.717, 1.165) is 44.9 Å². The van der Waals surface area contributed by atoms with Gasteiger partial charge in [0.25, 0.3) is 0 Å². The first-order valence-corrected chi connectivity index (χ1v) is 6.58. The highest BCUT2D eigenvalue weighted by Gasteiger charge is 1.95. The number of carbonyl (C=O) groups excluding carboxylic acids is 1. The summed E-state index contributed by atoms with van der Waals surface area (Å²) in [6, 6.07) is 0. The van der Waals surface area contributed by atoms with Gasteiger partial charge in [-0.1, -0.05) is 6.08 Å². The summed E-state index contributed by atoms with van der Waals surface area (Å²) in [6.07, 6.45) is 3.63. The van der Waals surface area contributed by atoms with Crippen molar-refractivity contribution in [3.05, 3.63) is 24.8 Å². The van der Waals surface area contributed by atoms with Gasteiger partial charge in [-0.15, -0.1) is 6.58 Å². The van der Waals surface area contributed by atoms with Crippen LogP contribution < -0.4 is 21.3 Å². The minimum Gasteiger partial charge on any atom is -0.478 e. The molecule has 20 heavy (non-hydrogen) atoms. The molecule has 0 fully saturated rings. The maximum Gasteiger partial charge on any atom is 0.328 e. The zero-order valence-corrected chi connectivity index (χ0v) is 11.7. The second-order valence-corrected chi connectivity index (χ2v) is 3.96. The number of amides is 1. The summed E-state index contributed by atoms with van der Waals surface area (Å²) in [4.78, 5) is 21.3. The largest absolute Gasteiger partial charge is 0.478 e. The van der Waals surface area contributed by atoms with Crippen LogP contribution in [-0.4, -0.2) is 62.8 Å². The number of hydrogen-bond donors (Lipinski definition) is 5. The Labute approximate surface area is 119 Å². The van der Waals surface area contributed by atoms with Crippen molar-refractivity contribution < 1.29 is 14.7 Å². The Morgan fingerprint density at radius 3 is 2.00 bits per heavy atom. The van der Waals surface area contributed by atoms with E-state index in [1.165, 1.54) is 0 Å². The molecule has 1 amide bonds. The highest BCUT2D eigenvalue weighted by molar-refractivity contribution is 5.93. The molecule has 7 heteroatoms. The monoisotopic (exact) mass is 284 g/mol. The van der Waals surface area contributed by atoms with Crippen LogP contribution in [0.5, 0.6) is 0 Å². The van der Waals surface area contributed by atoms with Crippen molar-refractivity contribution in [1.29, 1.82) is 0 Å². The molecule has 0 rings (SSSR count). The van der Waals surface area contributed by atoms with Crippen molar-refractivity contribution in [1.82, 2.24) is 21.3 Å². The van der Waals surface area contributed by atoms with Gasteiger partial charge in [-0.25, -0.2) is 4.79 Å². The number of rotatable bonds is 13. The lowest BCUT2D eigenvalue weighted by atomic mass is 10.4. The highest BCUT2D eigenvalue weighted by atomic mass is 16.4. The van der Waals surface area contributed by atoms with E-state index in [1.807, 2.05) is 6.08 Å². The summed E-state index contributed by atoms with van der Waals surface area (Å²) in [7, 11) is 0. The van der Waals surface area contributed by atoms with Crippen LogP contribution in [0.4, 0.5) is 0 Å². The van der Waals surface area contributed by atoms with E-state index in [9.17, 15) is 9.59 Å². The Kier molecular flexibility index (Phi) is 12.6. The SMILES string of the molecule is C=CCNCCNCCNCCNC(=O)/C=C/C(=O)O. The van der Waals surface area contributed by atoms with Crippen molar-refractivity contribution in [3.8, 4) is 0 Å². The molecule has 0 atom stereocenters. The fourth-order valence-corrected chi connectivity index (χ4v) is 1.29. The highest BCUT2D eigenvalue weighted by Crippen LogP contribution is 1.73. The lowest BCUT2D eigenvalue weighted by Crippen LogP contribution is -2.36. The quantitative estimate of drug-likeness (QED) is 0.164. The van der Waals surface area contributed by atoms with E-state index in [1.54, 1.807) is 0 Å². The van der Waals surface area contributed by atoms with Crippen molar-refractivity contribution in [2.24, 2.45) is 0 Å². The van der Waals surface area contributed by atoms with Crippen molar-refractivity contribution in [2.45, 2.75) is 0 Å². The van der Waals surface area contributed by atoms with Crippen LogP contribution in [0.3, 0.4) is 0 Å². The minimum absolute atomic E-state index is 0.402. The van der Waals surface area contributed by atoms with Crippen LogP contribution in [0.25, 0.3) is 0 Å². The summed E-state index contributed by atoms with van der Waals surface area (Å²) in [5, 5.41) is 20.5. The Balaban J connectivity index is 3.22. The van der Waals surface area contributed by atoms with Gasteiger partial charge in [0.05, 0.1) is 0 Å². The Hall–Kier alpha value is -1.70. The van der Waals surface area contributed by atoms with Crippen molar-refractivity contribution in [2.75, 3.05) is 45.8 Å². The number of carboxylic acids is 1. The lowest BCUT2D eigenvalue weighted by molar-refractivity contribution is -0.131. The zero-order valence-electron chi connectivity index (χ0n) is 11.7. The molecule has 7 nitrogen and oxygen atoms in total. The predicted molar refractivity (Wildman–Crippen MR) is 78.6 cm³/mol. The first-order valence-electron chi connectivity index (χ1n) is 6.58. The number of carboxylic acid groups (broad SMARTS) is 1. The van der Waals surface area contributed by atoms with Gasteiger partial charge in [0.2, 0.25) is 5.91 Å². The normalized spacial score (nSPS) is 10.6. The van der Waals surface area contributed by atoms with Crippen LogP contribution in [0, 0.1) is 0 Å². The van der Waals surface area contributed by atoms with Gasteiger partial charge in [-0.05, 0) is 0 Å². The number of aliphatic carboxylic acids is 1. The zero-order chi connectivity index (χ0) is 15.1. The molecule has 0 saturated carbocycles. The number of nitrogens with one attached hydrogen (secondary N) is 4. The minimum atomic E-state index is -1.13. The average molecular weight is 284 g/mol. The maximum atomic E-state index is 11.1. The van der Waals surface area contributed by atoms with E-state index in [-0.39, 0.29) is 0 Å². The molecular formula is C13H24N4O3. The molecular weight excluding hydrogens is 260 g/mol. The molecule has 0 aliphatic carbocycles. The van der Waals surface area contributed by atoms with Crippen molar-refractivity contribution in [3.63, 3.8) is 0 Å². The summed E-state index contributed by atoms with van der Waals surface area (Å²) >= 11 is 0. The van der Waals surface area contributed by atoms with Gasteiger partial charge in [0.15, 0.2) is 0 Å². The van der Waals surface area contributed by atoms with E-state index in [0.29, 0.717) is 13.1 Å². The van der Waals surface area contributed by atoms with Gasteiger partial charge in [-0.2, -0.15) is 0 Å². The van der Waals surface area contributed by atoms with E-state index in [2.05, 4.69) is 27.8 Å². The molecule has 0 aromatic rings. The molecule has 0 unspecified atom stereocenters. The van der Waals surface area contributed by atoms with Crippen LogP contribution in [0.15, 0.2) is 24.8 Å². The van der Waals surface area contributed by atoms with Gasteiger partial charge in [0, 0.05) is 58.0 Å². The second kappa shape index (κ2) is 13.7. The van der Waals surface area contributed by atoms with Crippen LogP contribution in [0.1, 0.15) is 0 Å². The third-order valence-corrected chi connectivity index (χ3v) is 2.22. The van der Waals surface area contributed by atoms with Crippen LogP contribution in [-0.2, 0) is 9.59 Å². The van der Waals surface area contributed by atoms with Crippen molar-refractivity contribution >= 4 is 11.9 Å². The smallest absolute Gasteiger partial charge is 0.328 e. The molecule has 0 aromatic heterocycles. The van der Waals surface area contributed by atoms with Gasteiger partial charge < -0.3 is 26.4 Å². The molecule has 0 heterocycles. The summed E-state index contributed by atoms with van der Waals surface area (Å²) in [6.45, 7) is 8.99. The summed E-state index contributed by atoms with van der Waals surface area (Å²) in [5.41, 5.74) is 0.